The van der Waals surface area contributed by atoms with Crippen molar-refractivity contribution in [3.8, 4) is 0 Å². The number of nitrogens with one attached hydrogen (secondary N) is 1. The van der Waals surface area contributed by atoms with E-state index in [0.717, 1.165) is 38.2 Å². The molecule has 1 aliphatic heterocycles. The van der Waals surface area contributed by atoms with E-state index in [1.165, 1.54) is 18.2 Å². The molecule has 2 heterocycles. The minimum absolute atomic E-state index is 0.143. The fourth-order valence-electron chi connectivity index (χ4n) is 3.19. The second-order valence-electron chi connectivity index (χ2n) is 6.56. The highest BCUT2D eigenvalue weighted by Crippen LogP contribution is 2.20. The summed E-state index contributed by atoms with van der Waals surface area (Å²) in [7, 11) is -3.61. The Hall–Kier alpha value is -1.70. The molecule has 0 unspecified atom stereocenters. The molecule has 1 N–H and O–H groups in total. The highest BCUT2D eigenvalue weighted by Gasteiger charge is 2.23. The quantitative estimate of drug-likeness (QED) is 0.854. The summed E-state index contributed by atoms with van der Waals surface area (Å²) in [5, 5.41) is 0. The number of aryl methyl sites for hydroxylation is 1. The SMILES string of the molecule is Cc1cc(F)ccc1S(=O)(=O)NCC1CCN(Cc2ccco2)CC1. The Kier molecular flexibility index (Phi) is 5.56. The van der Waals surface area contributed by atoms with Crippen molar-refractivity contribution in [2.45, 2.75) is 31.2 Å². The number of benzene rings is 1. The molecular weight excluding hydrogens is 343 g/mol. The number of sulfonamides is 1. The second kappa shape index (κ2) is 7.68. The lowest BCUT2D eigenvalue weighted by Gasteiger charge is -2.31. The number of nitrogens with zero attached hydrogens (tertiary/aromatic N) is 1. The van der Waals surface area contributed by atoms with Crippen molar-refractivity contribution in [1.29, 1.82) is 0 Å². The summed E-state index contributed by atoms with van der Waals surface area (Å²) in [6, 6.07) is 7.58. The summed E-state index contributed by atoms with van der Waals surface area (Å²) >= 11 is 0. The largest absolute Gasteiger partial charge is 0.468 e. The van der Waals surface area contributed by atoms with Gasteiger partial charge in [-0.2, -0.15) is 0 Å². The zero-order valence-corrected chi connectivity index (χ0v) is 15.1. The molecule has 0 radical (unpaired) electrons. The Bertz CT molecular complexity index is 798. The summed E-state index contributed by atoms with van der Waals surface area (Å²) < 4.78 is 46.1. The number of piperidine rings is 1. The van der Waals surface area contributed by atoms with Crippen LogP contribution in [0, 0.1) is 18.7 Å². The lowest BCUT2D eigenvalue weighted by molar-refractivity contribution is 0.168. The first kappa shape index (κ1) is 18.1. The van der Waals surface area contributed by atoms with Crippen molar-refractivity contribution in [2.24, 2.45) is 5.92 Å². The van der Waals surface area contributed by atoms with Gasteiger partial charge in [-0.25, -0.2) is 17.5 Å². The van der Waals surface area contributed by atoms with Gasteiger partial charge in [-0.15, -0.1) is 0 Å². The summed E-state index contributed by atoms with van der Waals surface area (Å²) in [6.45, 7) is 4.64. The monoisotopic (exact) mass is 366 g/mol. The van der Waals surface area contributed by atoms with E-state index in [1.54, 1.807) is 13.2 Å². The second-order valence-corrected chi connectivity index (χ2v) is 8.30. The zero-order valence-electron chi connectivity index (χ0n) is 14.2. The predicted molar refractivity (Wildman–Crippen MR) is 93.0 cm³/mol. The minimum Gasteiger partial charge on any atom is -0.468 e. The molecule has 0 spiro atoms. The standard InChI is InChI=1S/C18H23FN2O3S/c1-14-11-16(19)4-5-18(14)25(22,23)20-12-15-6-8-21(9-7-15)13-17-3-2-10-24-17/h2-5,10-11,15,20H,6-9,12-13H2,1H3. The van der Waals surface area contributed by atoms with E-state index in [1.807, 2.05) is 12.1 Å². The van der Waals surface area contributed by atoms with Gasteiger partial charge in [0, 0.05) is 6.54 Å². The molecule has 1 fully saturated rings. The summed E-state index contributed by atoms with van der Waals surface area (Å²) in [5.74, 6) is 0.828. The third-order valence-electron chi connectivity index (χ3n) is 4.66. The number of hydrogen-bond donors (Lipinski definition) is 1. The van der Waals surface area contributed by atoms with E-state index in [2.05, 4.69) is 9.62 Å². The van der Waals surface area contributed by atoms with E-state index >= 15 is 0 Å². The number of furan rings is 1. The van der Waals surface area contributed by atoms with Gasteiger partial charge in [0.25, 0.3) is 0 Å². The van der Waals surface area contributed by atoms with Gasteiger partial charge in [-0.3, -0.25) is 4.90 Å². The zero-order chi connectivity index (χ0) is 17.9. The number of halogens is 1. The smallest absolute Gasteiger partial charge is 0.240 e. The molecule has 0 saturated carbocycles. The van der Waals surface area contributed by atoms with Crippen LogP contribution in [0.25, 0.3) is 0 Å². The molecule has 0 bridgehead atoms. The van der Waals surface area contributed by atoms with Gasteiger partial charge in [0.15, 0.2) is 0 Å². The predicted octanol–water partition coefficient (Wildman–Crippen LogP) is 2.92. The average Bonchev–Trinajstić information content (AvgIpc) is 3.07. The topological polar surface area (TPSA) is 62.6 Å². The Morgan fingerprint density at radius 2 is 2.04 bits per heavy atom. The van der Waals surface area contributed by atoms with Crippen LogP contribution < -0.4 is 4.72 Å². The molecule has 0 amide bonds. The fourth-order valence-corrected chi connectivity index (χ4v) is 4.53. The molecule has 136 valence electrons. The summed E-state index contributed by atoms with van der Waals surface area (Å²) in [4.78, 5) is 2.46. The van der Waals surface area contributed by atoms with Gasteiger partial charge in [-0.1, -0.05) is 0 Å². The van der Waals surface area contributed by atoms with Crippen LogP contribution in [-0.4, -0.2) is 33.0 Å². The van der Waals surface area contributed by atoms with Crippen LogP contribution in [0.1, 0.15) is 24.2 Å². The maximum Gasteiger partial charge on any atom is 0.240 e. The first-order chi connectivity index (χ1) is 11.9. The van der Waals surface area contributed by atoms with E-state index in [0.29, 0.717) is 18.0 Å². The highest BCUT2D eigenvalue weighted by molar-refractivity contribution is 7.89. The first-order valence-corrected chi connectivity index (χ1v) is 9.93. The molecule has 1 saturated heterocycles. The van der Waals surface area contributed by atoms with Crippen LogP contribution >= 0.6 is 0 Å². The maximum absolute atomic E-state index is 13.2. The lowest BCUT2D eigenvalue weighted by Crippen LogP contribution is -2.38. The van der Waals surface area contributed by atoms with E-state index in [-0.39, 0.29) is 4.90 Å². The first-order valence-electron chi connectivity index (χ1n) is 8.44. The van der Waals surface area contributed by atoms with Crippen LogP contribution in [0.4, 0.5) is 4.39 Å². The lowest BCUT2D eigenvalue weighted by atomic mass is 9.97. The Labute approximate surface area is 147 Å². The molecule has 1 aliphatic rings. The normalized spacial score (nSPS) is 17.0. The molecule has 3 rings (SSSR count). The van der Waals surface area contributed by atoms with E-state index < -0.39 is 15.8 Å². The molecule has 2 aromatic rings. The van der Waals surface area contributed by atoms with Crippen molar-refractivity contribution < 1.29 is 17.2 Å². The van der Waals surface area contributed by atoms with Crippen LogP contribution in [0.15, 0.2) is 45.9 Å². The molecular formula is C18H23FN2O3S. The van der Waals surface area contributed by atoms with Crippen molar-refractivity contribution in [1.82, 2.24) is 9.62 Å². The Balaban J connectivity index is 1.50. The Morgan fingerprint density at radius 1 is 1.28 bits per heavy atom. The molecule has 5 nitrogen and oxygen atoms in total. The van der Waals surface area contributed by atoms with Gasteiger partial charge < -0.3 is 4.42 Å². The van der Waals surface area contributed by atoms with Gasteiger partial charge in [0.05, 0.1) is 17.7 Å². The van der Waals surface area contributed by atoms with Gasteiger partial charge in [0.1, 0.15) is 11.6 Å². The molecule has 0 atom stereocenters. The van der Waals surface area contributed by atoms with Crippen molar-refractivity contribution in [2.75, 3.05) is 19.6 Å². The molecule has 0 aliphatic carbocycles. The molecule has 1 aromatic heterocycles. The molecule has 1 aromatic carbocycles. The van der Waals surface area contributed by atoms with Gasteiger partial charge in [0.2, 0.25) is 10.0 Å². The Morgan fingerprint density at radius 3 is 2.68 bits per heavy atom. The fraction of sp³-hybridized carbons (Fsp3) is 0.444. The van der Waals surface area contributed by atoms with Crippen LogP contribution in [0.5, 0.6) is 0 Å². The third-order valence-corrected chi connectivity index (χ3v) is 6.24. The summed E-state index contributed by atoms with van der Waals surface area (Å²) in [6.07, 6.45) is 3.55. The minimum atomic E-state index is -3.61. The maximum atomic E-state index is 13.2. The van der Waals surface area contributed by atoms with Gasteiger partial charge >= 0.3 is 0 Å². The van der Waals surface area contributed by atoms with Gasteiger partial charge in [-0.05, 0) is 74.7 Å². The van der Waals surface area contributed by atoms with Crippen molar-refractivity contribution in [3.63, 3.8) is 0 Å². The van der Waals surface area contributed by atoms with Crippen molar-refractivity contribution >= 4 is 10.0 Å². The highest BCUT2D eigenvalue weighted by atomic mass is 32.2. The van der Waals surface area contributed by atoms with Crippen LogP contribution in [0.3, 0.4) is 0 Å². The van der Waals surface area contributed by atoms with E-state index in [4.69, 9.17) is 4.42 Å². The summed E-state index contributed by atoms with van der Waals surface area (Å²) in [5.41, 5.74) is 0.417. The van der Waals surface area contributed by atoms with Crippen LogP contribution in [-0.2, 0) is 16.6 Å². The number of likely N-dealkylation sites (tertiary alicyclic amines) is 1. The van der Waals surface area contributed by atoms with Crippen molar-refractivity contribution in [3.05, 3.63) is 53.7 Å². The van der Waals surface area contributed by atoms with Crippen LogP contribution in [0.2, 0.25) is 0 Å². The van der Waals surface area contributed by atoms with E-state index in [9.17, 15) is 12.8 Å². The molecule has 7 heteroatoms. The molecule has 25 heavy (non-hydrogen) atoms. The third kappa shape index (κ3) is 4.68. The number of hydrogen-bond acceptors (Lipinski definition) is 4. The average molecular weight is 366 g/mol. The number of rotatable bonds is 6.